The van der Waals surface area contributed by atoms with Crippen molar-refractivity contribution in [2.24, 2.45) is 5.10 Å². The molecule has 29 heavy (non-hydrogen) atoms. The molecule has 0 saturated carbocycles. The number of halogens is 3. The maximum atomic E-state index is 12.5. The second kappa shape index (κ2) is 7.96. The van der Waals surface area contributed by atoms with Gasteiger partial charge in [-0.2, -0.15) is 23.4 Å². The minimum atomic E-state index is -4.58. The summed E-state index contributed by atoms with van der Waals surface area (Å²) in [4.78, 5) is 21.9. The third-order valence-electron chi connectivity index (χ3n) is 3.61. The van der Waals surface area contributed by atoms with Gasteiger partial charge in [0, 0.05) is 23.9 Å². The molecule has 2 aromatic heterocycles. The van der Waals surface area contributed by atoms with Gasteiger partial charge in [0.2, 0.25) is 0 Å². The van der Waals surface area contributed by atoms with E-state index in [2.05, 4.69) is 15.6 Å². The van der Waals surface area contributed by atoms with Crippen LogP contribution in [0.3, 0.4) is 0 Å². The van der Waals surface area contributed by atoms with Crippen LogP contribution in [-0.2, 0) is 17.5 Å². The highest BCUT2D eigenvalue weighted by Gasteiger charge is 2.33. The number of carbonyl (C=O) groups is 1. The van der Waals surface area contributed by atoms with Crippen LogP contribution < -0.4 is 5.43 Å². The summed E-state index contributed by atoms with van der Waals surface area (Å²) in [7, 11) is 0. The summed E-state index contributed by atoms with van der Waals surface area (Å²) in [5.41, 5.74) is 1.61. The molecule has 1 N–H and O–H groups in total. The van der Waals surface area contributed by atoms with Gasteiger partial charge in [0.1, 0.15) is 18.1 Å². The summed E-state index contributed by atoms with van der Waals surface area (Å²) in [6, 6.07) is 9.68. The zero-order valence-corrected chi connectivity index (χ0v) is 14.5. The first-order chi connectivity index (χ1) is 13.7. The number of carbonyl (C=O) groups excluding carboxylic acids is 1. The first kappa shape index (κ1) is 19.8. The quantitative estimate of drug-likeness (QED) is 0.383. The van der Waals surface area contributed by atoms with Crippen molar-refractivity contribution in [3.8, 4) is 11.3 Å². The third kappa shape index (κ3) is 5.06. The highest BCUT2D eigenvalue weighted by atomic mass is 19.4. The summed E-state index contributed by atoms with van der Waals surface area (Å²) >= 11 is 0. The predicted molar refractivity (Wildman–Crippen MR) is 93.8 cm³/mol. The number of rotatable bonds is 6. The molecule has 0 fully saturated rings. The van der Waals surface area contributed by atoms with Gasteiger partial charge in [-0.1, -0.05) is 0 Å². The number of hydrogen-bond donors (Lipinski definition) is 1. The molecule has 3 aromatic rings. The van der Waals surface area contributed by atoms with Crippen LogP contribution in [0.5, 0.6) is 0 Å². The fourth-order valence-corrected chi connectivity index (χ4v) is 2.28. The van der Waals surface area contributed by atoms with Gasteiger partial charge >= 0.3 is 6.18 Å². The van der Waals surface area contributed by atoms with Crippen LogP contribution in [0.15, 0.2) is 58.2 Å². The van der Waals surface area contributed by atoms with Gasteiger partial charge in [0.15, 0.2) is 5.69 Å². The topological polar surface area (TPSA) is 116 Å². The molecule has 0 aliphatic heterocycles. The van der Waals surface area contributed by atoms with Gasteiger partial charge in [-0.25, -0.2) is 5.43 Å². The molecule has 1 aromatic carbocycles. The molecule has 2 heterocycles. The first-order valence-electron chi connectivity index (χ1n) is 7.99. The lowest BCUT2D eigenvalue weighted by atomic mass is 10.1. The number of hydrazone groups is 1. The smallest absolute Gasteiger partial charge is 0.435 e. The second-order valence-electron chi connectivity index (χ2n) is 5.70. The lowest BCUT2D eigenvalue weighted by molar-refractivity contribution is -0.384. The van der Waals surface area contributed by atoms with E-state index >= 15 is 0 Å². The van der Waals surface area contributed by atoms with Crippen molar-refractivity contribution in [3.63, 3.8) is 0 Å². The Morgan fingerprint density at radius 2 is 1.97 bits per heavy atom. The molecule has 0 aliphatic rings. The van der Waals surface area contributed by atoms with Gasteiger partial charge in [0.05, 0.1) is 11.1 Å². The highest BCUT2D eigenvalue weighted by molar-refractivity contribution is 5.81. The number of nitro benzene ring substituents is 1. The minimum Gasteiger partial charge on any atom is -0.455 e. The molecule has 0 aliphatic carbocycles. The van der Waals surface area contributed by atoms with Crippen molar-refractivity contribution in [2.75, 3.05) is 0 Å². The summed E-state index contributed by atoms with van der Waals surface area (Å²) in [5.74, 6) is 0.0428. The van der Waals surface area contributed by atoms with E-state index in [1.54, 1.807) is 12.1 Å². The first-order valence-corrected chi connectivity index (χ1v) is 7.99. The molecule has 0 unspecified atom stereocenters. The average Bonchev–Trinajstić information content (AvgIpc) is 3.31. The van der Waals surface area contributed by atoms with Crippen molar-refractivity contribution in [1.82, 2.24) is 15.2 Å². The number of furan rings is 1. The van der Waals surface area contributed by atoms with E-state index in [1.165, 1.54) is 30.5 Å². The van der Waals surface area contributed by atoms with Gasteiger partial charge in [-0.15, -0.1) is 0 Å². The lowest BCUT2D eigenvalue weighted by Crippen LogP contribution is -2.23. The molecule has 9 nitrogen and oxygen atoms in total. The number of nitrogens with one attached hydrogen (secondary N) is 1. The van der Waals surface area contributed by atoms with E-state index in [0.717, 1.165) is 16.9 Å². The van der Waals surface area contributed by atoms with E-state index in [0.29, 0.717) is 11.3 Å². The van der Waals surface area contributed by atoms with Crippen molar-refractivity contribution in [3.05, 3.63) is 70.2 Å². The van der Waals surface area contributed by atoms with E-state index < -0.39 is 29.2 Å². The van der Waals surface area contributed by atoms with Gasteiger partial charge in [0.25, 0.3) is 11.6 Å². The molecule has 0 atom stereocenters. The largest absolute Gasteiger partial charge is 0.455 e. The fourth-order valence-electron chi connectivity index (χ4n) is 2.28. The number of amides is 1. The van der Waals surface area contributed by atoms with Crippen LogP contribution in [0.1, 0.15) is 11.5 Å². The van der Waals surface area contributed by atoms with E-state index in [4.69, 9.17) is 4.42 Å². The molecule has 1 amide bonds. The minimum absolute atomic E-state index is 0.0515. The third-order valence-corrected chi connectivity index (χ3v) is 3.61. The Morgan fingerprint density at radius 1 is 1.24 bits per heavy atom. The van der Waals surface area contributed by atoms with Crippen molar-refractivity contribution in [2.45, 2.75) is 12.7 Å². The Kier molecular flexibility index (Phi) is 5.43. The Labute approximate surface area is 160 Å². The number of non-ortho nitro benzene ring substituents is 1. The number of nitro groups is 1. The normalized spacial score (nSPS) is 11.7. The molecule has 0 spiro atoms. The molecular formula is C17H12F3N5O4. The monoisotopic (exact) mass is 407 g/mol. The van der Waals surface area contributed by atoms with Gasteiger partial charge in [-0.05, 0) is 30.3 Å². The van der Waals surface area contributed by atoms with Crippen LogP contribution in [-0.4, -0.2) is 26.8 Å². The highest BCUT2D eigenvalue weighted by Crippen LogP contribution is 2.27. The number of nitrogens with zero attached hydrogens (tertiary/aromatic N) is 4. The Hall–Kier alpha value is -3.96. The Bertz CT molecular complexity index is 1050. The predicted octanol–water partition coefficient (Wildman–Crippen LogP) is 3.22. The van der Waals surface area contributed by atoms with Crippen molar-refractivity contribution >= 4 is 17.8 Å². The maximum absolute atomic E-state index is 12.5. The molecule has 0 bridgehead atoms. The summed E-state index contributed by atoms with van der Waals surface area (Å²) < 4.78 is 43.7. The number of benzene rings is 1. The zero-order valence-electron chi connectivity index (χ0n) is 14.5. The van der Waals surface area contributed by atoms with Gasteiger partial charge in [-0.3, -0.25) is 19.6 Å². The SMILES string of the molecule is O=C(Cn1ccc(C(F)(F)F)n1)N/N=C\c1ccc(-c2ccc([N+](=O)[O-])cc2)o1. The molecule has 0 radical (unpaired) electrons. The van der Waals surface area contributed by atoms with Crippen molar-refractivity contribution in [1.29, 1.82) is 0 Å². The lowest BCUT2D eigenvalue weighted by Gasteiger charge is -2.02. The Morgan fingerprint density at radius 3 is 2.59 bits per heavy atom. The van der Waals surface area contributed by atoms with Crippen LogP contribution >= 0.6 is 0 Å². The number of aromatic nitrogens is 2. The molecule has 150 valence electrons. The Balaban J connectivity index is 1.56. The van der Waals surface area contributed by atoms with Crippen LogP contribution in [0, 0.1) is 10.1 Å². The molecule has 3 rings (SSSR count). The van der Waals surface area contributed by atoms with Crippen LogP contribution in [0.4, 0.5) is 18.9 Å². The summed E-state index contributed by atoms with van der Waals surface area (Å²) in [6.45, 7) is -0.445. The second-order valence-corrected chi connectivity index (χ2v) is 5.70. The zero-order chi connectivity index (χ0) is 21.0. The molecule has 12 heteroatoms. The van der Waals surface area contributed by atoms with Gasteiger partial charge < -0.3 is 4.42 Å². The maximum Gasteiger partial charge on any atom is 0.435 e. The fraction of sp³-hybridized carbons (Fsp3) is 0.118. The van der Waals surface area contributed by atoms with E-state index in [9.17, 15) is 28.1 Å². The molecule has 0 saturated heterocycles. The van der Waals surface area contributed by atoms with Crippen molar-refractivity contribution < 1.29 is 27.3 Å². The average molecular weight is 407 g/mol. The van der Waals surface area contributed by atoms with E-state index in [-0.39, 0.29) is 11.4 Å². The summed E-state index contributed by atoms with van der Waals surface area (Å²) in [6.07, 6.45) is -2.34. The standard InChI is InChI=1S/C17H12F3N5O4/c18-17(19,20)15-7-8-24(23-15)10-16(26)22-21-9-13-5-6-14(29-13)11-1-3-12(4-2-11)25(27)28/h1-9H,10H2,(H,22,26)/b21-9-. The van der Waals surface area contributed by atoms with Crippen LogP contribution in [0.2, 0.25) is 0 Å². The molecular weight excluding hydrogens is 395 g/mol. The number of hydrogen-bond acceptors (Lipinski definition) is 6. The summed E-state index contributed by atoms with van der Waals surface area (Å²) in [5, 5.41) is 17.6. The number of alkyl halides is 3. The van der Waals surface area contributed by atoms with E-state index in [1.807, 2.05) is 0 Å². The van der Waals surface area contributed by atoms with Crippen LogP contribution in [0.25, 0.3) is 11.3 Å².